The van der Waals surface area contributed by atoms with Gasteiger partial charge in [0.1, 0.15) is 11.6 Å². The van der Waals surface area contributed by atoms with E-state index in [-0.39, 0.29) is 5.97 Å². The van der Waals surface area contributed by atoms with Gasteiger partial charge in [-0.25, -0.2) is 14.8 Å². The minimum Gasteiger partial charge on any atom is -0.465 e. The maximum Gasteiger partial charge on any atom is 0.337 e. The molecule has 8 heteroatoms. The normalized spacial score (nSPS) is 13.0. The fourth-order valence-corrected chi connectivity index (χ4v) is 4.16. The molecular weight excluding hydrogens is 422 g/mol. The fourth-order valence-electron chi connectivity index (χ4n) is 3.33. The Morgan fingerprint density at radius 1 is 1.06 bits per heavy atom. The zero-order valence-corrected chi connectivity index (χ0v) is 18.2. The molecule has 2 aromatic heterocycles. The quantitative estimate of drug-likeness (QED) is 0.291. The Bertz CT molecular complexity index is 1250. The number of aromatic amines is 1. The second-order valence-electron chi connectivity index (χ2n) is 7.51. The first-order chi connectivity index (χ1) is 15.7. The van der Waals surface area contributed by atoms with E-state index in [0.717, 1.165) is 27.7 Å². The van der Waals surface area contributed by atoms with Crippen LogP contribution in [0.25, 0.3) is 11.3 Å². The summed E-state index contributed by atoms with van der Waals surface area (Å²) in [6, 6.07) is 21.1. The average molecular weight is 444 g/mol. The van der Waals surface area contributed by atoms with Crippen LogP contribution in [0.1, 0.15) is 34.8 Å². The number of nitrogens with one attached hydrogen (secondary N) is 2. The van der Waals surface area contributed by atoms with E-state index >= 15 is 0 Å². The highest BCUT2D eigenvalue weighted by molar-refractivity contribution is 7.99. The first kappa shape index (κ1) is 20.3. The lowest BCUT2D eigenvalue weighted by atomic mass is 10.1. The average Bonchev–Trinajstić information content (AvgIpc) is 3.58. The number of hydrogen-bond donors (Lipinski definition) is 2. The molecule has 32 heavy (non-hydrogen) atoms. The van der Waals surface area contributed by atoms with E-state index in [4.69, 9.17) is 14.7 Å². The van der Waals surface area contributed by atoms with Crippen molar-refractivity contribution in [1.82, 2.24) is 20.2 Å². The van der Waals surface area contributed by atoms with Crippen molar-refractivity contribution < 1.29 is 9.53 Å². The number of aromatic nitrogens is 4. The Hall–Kier alpha value is -3.65. The number of carbonyl (C=O) groups excluding carboxylic acids is 1. The third-order valence-corrected chi connectivity index (χ3v) is 5.95. The van der Waals surface area contributed by atoms with E-state index in [0.29, 0.717) is 22.5 Å². The van der Waals surface area contributed by atoms with Gasteiger partial charge in [-0.05, 0) is 42.8 Å². The summed E-state index contributed by atoms with van der Waals surface area (Å²) < 4.78 is 4.83. The molecule has 0 amide bonds. The van der Waals surface area contributed by atoms with Crippen molar-refractivity contribution in [1.29, 1.82) is 0 Å². The van der Waals surface area contributed by atoms with Gasteiger partial charge in [-0.3, -0.25) is 5.10 Å². The molecule has 0 radical (unpaired) electrons. The van der Waals surface area contributed by atoms with Gasteiger partial charge in [0.2, 0.25) is 0 Å². The summed E-state index contributed by atoms with van der Waals surface area (Å²) in [5, 5.41) is 11.3. The third kappa shape index (κ3) is 4.65. The lowest BCUT2D eigenvalue weighted by Crippen LogP contribution is -2.01. The van der Waals surface area contributed by atoms with Crippen molar-refractivity contribution >= 4 is 29.4 Å². The second kappa shape index (κ2) is 8.84. The molecule has 0 aliphatic heterocycles. The highest BCUT2D eigenvalue weighted by Crippen LogP contribution is 2.39. The number of benzene rings is 2. The molecule has 2 N–H and O–H groups in total. The standard InChI is InChI=1S/C24H21N5O2S/c1-31-23(30)17-8-5-9-18(12-17)32-24-25-19(15-6-3-2-4-7-15)13-21(27-24)26-22-14-20(28-29-22)16-10-11-16/h2-9,12-14,16H,10-11H2,1H3,(H2,25,26,27,28,29). The van der Waals surface area contributed by atoms with Crippen LogP contribution < -0.4 is 5.32 Å². The van der Waals surface area contributed by atoms with Crippen LogP contribution >= 0.6 is 11.8 Å². The summed E-state index contributed by atoms with van der Waals surface area (Å²) in [5.74, 6) is 1.66. The maximum absolute atomic E-state index is 11.9. The van der Waals surface area contributed by atoms with E-state index in [1.807, 2.05) is 54.6 Å². The van der Waals surface area contributed by atoms with Crippen LogP contribution in [0.2, 0.25) is 0 Å². The van der Waals surface area contributed by atoms with Crippen molar-refractivity contribution in [2.45, 2.75) is 28.8 Å². The lowest BCUT2D eigenvalue weighted by Gasteiger charge is -2.09. The number of hydrogen-bond acceptors (Lipinski definition) is 7. The first-order valence-electron chi connectivity index (χ1n) is 10.3. The highest BCUT2D eigenvalue weighted by atomic mass is 32.2. The molecule has 1 aliphatic carbocycles. The molecule has 7 nitrogen and oxygen atoms in total. The first-order valence-corrected chi connectivity index (χ1v) is 11.1. The predicted octanol–water partition coefficient (Wildman–Crippen LogP) is 5.43. The molecule has 0 spiro atoms. The topological polar surface area (TPSA) is 92.8 Å². The molecule has 0 atom stereocenters. The van der Waals surface area contributed by atoms with E-state index in [9.17, 15) is 4.79 Å². The number of methoxy groups -OCH3 is 1. The summed E-state index contributed by atoms with van der Waals surface area (Å²) >= 11 is 1.39. The second-order valence-corrected chi connectivity index (χ2v) is 8.55. The summed E-state index contributed by atoms with van der Waals surface area (Å²) in [4.78, 5) is 22.2. The summed E-state index contributed by atoms with van der Waals surface area (Å²) in [5.41, 5.74) is 3.36. The van der Waals surface area contributed by atoms with Gasteiger partial charge in [0, 0.05) is 28.5 Å². The Morgan fingerprint density at radius 3 is 2.69 bits per heavy atom. The maximum atomic E-state index is 11.9. The van der Waals surface area contributed by atoms with Crippen LogP contribution in [-0.2, 0) is 4.74 Å². The van der Waals surface area contributed by atoms with Gasteiger partial charge in [-0.15, -0.1) is 0 Å². The number of rotatable bonds is 7. The van der Waals surface area contributed by atoms with Crippen molar-refractivity contribution in [3.63, 3.8) is 0 Å². The van der Waals surface area contributed by atoms with Gasteiger partial charge in [0.15, 0.2) is 5.16 Å². The number of anilines is 2. The Labute approximate surface area is 189 Å². The number of ether oxygens (including phenoxy) is 1. The van der Waals surface area contributed by atoms with E-state index < -0.39 is 0 Å². The molecule has 0 unspecified atom stereocenters. The molecule has 1 saturated carbocycles. The third-order valence-electron chi connectivity index (χ3n) is 5.10. The monoisotopic (exact) mass is 443 g/mol. The molecule has 1 aliphatic rings. The number of H-pyrrole nitrogens is 1. The van der Waals surface area contributed by atoms with Crippen molar-refractivity contribution in [3.05, 3.63) is 78.0 Å². The van der Waals surface area contributed by atoms with Crippen molar-refractivity contribution in [2.75, 3.05) is 12.4 Å². The zero-order chi connectivity index (χ0) is 21.9. The number of esters is 1. The number of nitrogens with zero attached hydrogens (tertiary/aromatic N) is 3. The SMILES string of the molecule is COC(=O)c1cccc(Sc2nc(Nc3cc(C4CC4)n[nH]3)cc(-c3ccccc3)n2)c1. The van der Waals surface area contributed by atoms with Gasteiger partial charge < -0.3 is 10.1 Å². The zero-order valence-electron chi connectivity index (χ0n) is 17.4. The Balaban J connectivity index is 1.47. The molecule has 160 valence electrons. The fraction of sp³-hybridized carbons (Fsp3) is 0.167. The molecule has 5 rings (SSSR count). The molecule has 2 heterocycles. The molecular formula is C24H21N5O2S. The van der Waals surface area contributed by atoms with Gasteiger partial charge in [-0.2, -0.15) is 5.10 Å². The Morgan fingerprint density at radius 2 is 1.91 bits per heavy atom. The van der Waals surface area contributed by atoms with E-state index in [1.165, 1.54) is 31.7 Å². The summed E-state index contributed by atoms with van der Waals surface area (Å²) in [6.07, 6.45) is 2.39. The summed E-state index contributed by atoms with van der Waals surface area (Å²) in [6.45, 7) is 0. The van der Waals surface area contributed by atoms with Crippen molar-refractivity contribution in [2.24, 2.45) is 0 Å². The van der Waals surface area contributed by atoms with E-state index in [1.54, 1.807) is 12.1 Å². The number of carbonyl (C=O) groups is 1. The van der Waals surface area contributed by atoms with Gasteiger partial charge in [0.25, 0.3) is 0 Å². The van der Waals surface area contributed by atoms with Gasteiger partial charge in [0.05, 0.1) is 24.1 Å². The van der Waals surface area contributed by atoms with Crippen molar-refractivity contribution in [3.8, 4) is 11.3 Å². The predicted molar refractivity (Wildman–Crippen MR) is 123 cm³/mol. The Kier molecular flexibility index (Phi) is 5.60. The summed E-state index contributed by atoms with van der Waals surface area (Å²) in [7, 11) is 1.37. The lowest BCUT2D eigenvalue weighted by molar-refractivity contribution is 0.0600. The minimum atomic E-state index is -0.375. The molecule has 0 saturated heterocycles. The molecule has 2 aromatic carbocycles. The minimum absolute atomic E-state index is 0.375. The van der Waals surface area contributed by atoms with Gasteiger partial charge >= 0.3 is 5.97 Å². The largest absolute Gasteiger partial charge is 0.465 e. The van der Waals surface area contributed by atoms with Crippen LogP contribution in [0.5, 0.6) is 0 Å². The highest BCUT2D eigenvalue weighted by Gasteiger charge is 2.26. The molecule has 4 aromatic rings. The van der Waals surface area contributed by atoms with Crippen LogP contribution in [0.4, 0.5) is 11.6 Å². The molecule has 1 fully saturated rings. The van der Waals surface area contributed by atoms with Gasteiger partial charge in [-0.1, -0.05) is 36.4 Å². The van der Waals surface area contributed by atoms with Crippen LogP contribution in [0, 0.1) is 0 Å². The van der Waals surface area contributed by atoms with E-state index in [2.05, 4.69) is 15.5 Å². The van der Waals surface area contributed by atoms with Crippen LogP contribution in [0.15, 0.2) is 76.8 Å². The van der Waals surface area contributed by atoms with Crippen LogP contribution in [0.3, 0.4) is 0 Å². The molecule has 0 bridgehead atoms. The smallest absolute Gasteiger partial charge is 0.337 e. The van der Waals surface area contributed by atoms with Crippen LogP contribution in [-0.4, -0.2) is 33.2 Å².